The number of aryl methyl sites for hydroxylation is 1. The molecule has 9 heteroatoms. The van der Waals surface area contributed by atoms with Crippen LogP contribution in [0.5, 0.6) is 0 Å². The summed E-state index contributed by atoms with van der Waals surface area (Å²) in [7, 11) is -3.69. The van der Waals surface area contributed by atoms with Gasteiger partial charge in [0.05, 0.1) is 5.69 Å². The Morgan fingerprint density at radius 3 is 2.63 bits per heavy atom. The Balaban J connectivity index is 2.28. The van der Waals surface area contributed by atoms with E-state index in [2.05, 4.69) is 14.8 Å². The summed E-state index contributed by atoms with van der Waals surface area (Å²) in [6, 6.07) is 1.77. The normalized spacial score (nSPS) is 12.1. The molecule has 0 fully saturated rings. The van der Waals surface area contributed by atoms with Gasteiger partial charge in [0.2, 0.25) is 0 Å². The Morgan fingerprint density at radius 1 is 1.47 bits per heavy atom. The van der Waals surface area contributed by atoms with E-state index in [0.29, 0.717) is 5.69 Å². The lowest BCUT2D eigenvalue weighted by Crippen LogP contribution is -2.13. The second-order valence-corrected chi connectivity index (χ2v) is 7.68. The number of hydrogen-bond acceptors (Lipinski definition) is 5. The molecule has 1 N–H and O–H groups in total. The van der Waals surface area contributed by atoms with Crippen LogP contribution in [-0.4, -0.2) is 23.2 Å². The maximum absolute atomic E-state index is 12.2. The van der Waals surface area contributed by atoms with E-state index in [1.54, 1.807) is 23.9 Å². The van der Waals surface area contributed by atoms with E-state index in [1.165, 1.54) is 0 Å². The highest BCUT2D eigenvalue weighted by Crippen LogP contribution is 2.28. The fraction of sp³-hybridized carbons (Fsp3) is 0.400. The Hall–Kier alpha value is -1.12. The molecule has 2 heterocycles. The van der Waals surface area contributed by atoms with Crippen molar-refractivity contribution in [1.82, 2.24) is 14.8 Å². The van der Waals surface area contributed by atoms with Crippen molar-refractivity contribution in [3.63, 3.8) is 0 Å². The summed E-state index contributed by atoms with van der Waals surface area (Å²) in [4.78, 5) is 3.89. The van der Waals surface area contributed by atoms with Gasteiger partial charge in [-0.1, -0.05) is 22.9 Å². The first-order valence-corrected chi connectivity index (χ1v) is 8.18. The third-order valence-electron chi connectivity index (χ3n) is 2.35. The maximum Gasteiger partial charge on any atom is 0.274 e. The Labute approximate surface area is 120 Å². The van der Waals surface area contributed by atoms with Crippen molar-refractivity contribution in [2.75, 3.05) is 4.72 Å². The first-order valence-electron chi connectivity index (χ1n) is 5.50. The highest BCUT2D eigenvalue weighted by atomic mass is 35.5. The molecule has 0 bridgehead atoms. The fourth-order valence-corrected chi connectivity index (χ4v) is 4.20. The topological polar surface area (TPSA) is 76.9 Å². The number of aromatic nitrogens is 3. The lowest BCUT2D eigenvalue weighted by atomic mass is 10.4. The molecule has 0 aliphatic heterocycles. The van der Waals surface area contributed by atoms with Gasteiger partial charge in [0.25, 0.3) is 10.0 Å². The number of hydrogen-bond donors (Lipinski definition) is 1. The van der Waals surface area contributed by atoms with Crippen molar-refractivity contribution in [1.29, 1.82) is 0 Å². The molecule has 0 aliphatic carbocycles. The smallest absolute Gasteiger partial charge is 0.268 e. The van der Waals surface area contributed by atoms with E-state index in [9.17, 15) is 8.42 Å². The molecule has 0 aromatic carbocycles. The van der Waals surface area contributed by atoms with Gasteiger partial charge in [0.1, 0.15) is 0 Å². The largest absolute Gasteiger partial charge is 0.274 e. The van der Waals surface area contributed by atoms with E-state index < -0.39 is 10.0 Å². The summed E-state index contributed by atoms with van der Waals surface area (Å²) < 4.78 is 28.7. The second-order valence-electron chi connectivity index (χ2n) is 4.22. The van der Waals surface area contributed by atoms with Crippen molar-refractivity contribution in [3.8, 4) is 0 Å². The van der Waals surface area contributed by atoms with Crippen LogP contribution in [0.1, 0.15) is 25.6 Å². The van der Waals surface area contributed by atoms with Crippen LogP contribution in [0.25, 0.3) is 0 Å². The SMILES string of the molecule is Cc1nc(Cl)sc1S(=O)(=O)Nc1ccn(C(C)C)n1. The molecule has 2 aromatic rings. The predicted molar refractivity (Wildman–Crippen MR) is 75.3 cm³/mol. The quantitative estimate of drug-likeness (QED) is 0.939. The summed E-state index contributed by atoms with van der Waals surface area (Å²) in [5, 5.41) is 4.13. The van der Waals surface area contributed by atoms with Crippen molar-refractivity contribution in [2.45, 2.75) is 31.0 Å². The molecule has 0 spiro atoms. The van der Waals surface area contributed by atoms with Gasteiger partial charge in [-0.05, 0) is 20.8 Å². The molecule has 0 saturated heterocycles. The first kappa shape index (κ1) is 14.3. The minimum Gasteiger partial charge on any atom is -0.268 e. The number of rotatable bonds is 4. The Morgan fingerprint density at radius 2 is 2.16 bits per heavy atom. The predicted octanol–water partition coefficient (Wildman–Crippen LogP) is 2.68. The minimum absolute atomic E-state index is 0.108. The molecule has 6 nitrogen and oxygen atoms in total. The number of halogens is 1. The fourth-order valence-electron chi connectivity index (χ4n) is 1.46. The third-order valence-corrected chi connectivity index (χ3v) is 5.57. The van der Waals surface area contributed by atoms with Crippen LogP contribution in [0.3, 0.4) is 0 Å². The molecule has 0 amide bonds. The maximum atomic E-state index is 12.2. The standard InChI is InChI=1S/C10H13ClN4O2S2/c1-6(2)15-5-4-8(13-15)14-19(16,17)9-7(3)12-10(11)18-9/h4-6H,1-3H3,(H,13,14). The van der Waals surface area contributed by atoms with Crippen LogP contribution >= 0.6 is 22.9 Å². The zero-order valence-corrected chi connectivity index (χ0v) is 13.0. The highest BCUT2D eigenvalue weighted by molar-refractivity contribution is 7.94. The average Bonchev–Trinajstić information content (AvgIpc) is 2.85. The number of nitrogens with zero attached hydrogens (tertiary/aromatic N) is 3. The zero-order valence-electron chi connectivity index (χ0n) is 10.6. The molecule has 19 heavy (non-hydrogen) atoms. The lowest BCUT2D eigenvalue weighted by Gasteiger charge is -2.05. The first-order chi connectivity index (χ1) is 8.79. The molecule has 2 rings (SSSR count). The van der Waals surface area contributed by atoms with Crippen LogP contribution in [0, 0.1) is 6.92 Å². The Bertz CT molecular complexity index is 690. The minimum atomic E-state index is -3.69. The van der Waals surface area contributed by atoms with E-state index in [1.807, 2.05) is 13.8 Å². The van der Waals surface area contributed by atoms with Crippen LogP contribution in [0.4, 0.5) is 5.82 Å². The monoisotopic (exact) mass is 320 g/mol. The number of thiazole rings is 1. The van der Waals surface area contributed by atoms with Crippen LogP contribution < -0.4 is 4.72 Å². The highest BCUT2D eigenvalue weighted by Gasteiger charge is 2.22. The number of nitrogens with one attached hydrogen (secondary N) is 1. The molecule has 0 atom stereocenters. The number of anilines is 1. The van der Waals surface area contributed by atoms with Crippen LogP contribution in [0.2, 0.25) is 4.47 Å². The average molecular weight is 321 g/mol. The van der Waals surface area contributed by atoms with Crippen molar-refractivity contribution in [2.24, 2.45) is 0 Å². The van der Waals surface area contributed by atoms with Crippen molar-refractivity contribution >= 4 is 38.8 Å². The Kier molecular flexibility index (Phi) is 3.84. The molecule has 2 aromatic heterocycles. The van der Waals surface area contributed by atoms with Crippen LogP contribution in [-0.2, 0) is 10.0 Å². The van der Waals surface area contributed by atoms with Gasteiger partial charge in [0.15, 0.2) is 14.5 Å². The summed E-state index contributed by atoms with van der Waals surface area (Å²) in [5.74, 6) is 0.276. The second kappa shape index (κ2) is 5.10. The van der Waals surface area contributed by atoms with Gasteiger partial charge in [-0.15, -0.1) is 0 Å². The van der Waals surface area contributed by atoms with Gasteiger partial charge in [-0.25, -0.2) is 13.4 Å². The lowest BCUT2D eigenvalue weighted by molar-refractivity contribution is 0.534. The number of sulfonamides is 1. The van der Waals surface area contributed by atoms with Gasteiger partial charge >= 0.3 is 0 Å². The summed E-state index contributed by atoms with van der Waals surface area (Å²) >= 11 is 6.64. The van der Waals surface area contributed by atoms with Crippen molar-refractivity contribution in [3.05, 3.63) is 22.4 Å². The van der Waals surface area contributed by atoms with Gasteiger partial charge < -0.3 is 0 Å². The summed E-state index contributed by atoms with van der Waals surface area (Å²) in [6.07, 6.45) is 1.72. The van der Waals surface area contributed by atoms with E-state index >= 15 is 0 Å². The molecule has 0 aliphatic rings. The summed E-state index contributed by atoms with van der Waals surface area (Å²) in [6.45, 7) is 5.51. The van der Waals surface area contributed by atoms with Gasteiger partial charge in [0, 0.05) is 18.3 Å². The van der Waals surface area contributed by atoms with Gasteiger partial charge in [-0.2, -0.15) is 5.10 Å². The van der Waals surface area contributed by atoms with Crippen molar-refractivity contribution < 1.29 is 8.42 Å². The summed E-state index contributed by atoms with van der Waals surface area (Å²) in [5.41, 5.74) is 0.380. The van der Waals surface area contributed by atoms with Gasteiger partial charge in [-0.3, -0.25) is 9.40 Å². The molecule has 104 valence electrons. The molecular formula is C10H13ClN4O2S2. The van der Waals surface area contributed by atoms with E-state index in [-0.39, 0.29) is 20.5 Å². The van der Waals surface area contributed by atoms with E-state index in [0.717, 1.165) is 11.3 Å². The molecule has 0 radical (unpaired) electrons. The zero-order chi connectivity index (χ0) is 14.2. The third kappa shape index (κ3) is 3.07. The van der Waals surface area contributed by atoms with E-state index in [4.69, 9.17) is 11.6 Å². The molecule has 0 unspecified atom stereocenters. The molecule has 0 saturated carbocycles. The van der Waals surface area contributed by atoms with Crippen LogP contribution in [0.15, 0.2) is 16.5 Å². The molecular weight excluding hydrogens is 308 g/mol.